The number of rotatable bonds is 13. The van der Waals surface area contributed by atoms with Crippen molar-refractivity contribution in [3.05, 3.63) is 35.4 Å². The van der Waals surface area contributed by atoms with Crippen molar-refractivity contribution < 1.29 is 37.4 Å². The molecule has 1 aromatic rings. The molecule has 0 saturated heterocycles. The summed E-state index contributed by atoms with van der Waals surface area (Å²) in [6.07, 6.45) is 0.0245. The average Bonchev–Trinajstić information content (AvgIpc) is 2.77. The molecule has 2 N–H and O–H groups in total. The third-order valence-electron chi connectivity index (χ3n) is 5.05. The fourth-order valence-corrected chi connectivity index (χ4v) is 3.19. The van der Waals surface area contributed by atoms with Gasteiger partial charge in [-0.05, 0) is 50.3 Å². The number of benzene rings is 1. The second kappa shape index (κ2) is 14.3. The molecule has 0 bridgehead atoms. The molecule has 8 nitrogen and oxygen atoms in total. The molecule has 2 amide bonds. The van der Waals surface area contributed by atoms with Crippen molar-refractivity contribution >= 4 is 23.8 Å². The monoisotopic (exact) mass is 484 g/mol. The molecule has 0 aromatic heterocycles. The van der Waals surface area contributed by atoms with Gasteiger partial charge in [-0.1, -0.05) is 26.8 Å². The molecular weight excluding hydrogens is 450 g/mol. The first-order chi connectivity index (χ1) is 16.0. The molecule has 190 valence electrons. The van der Waals surface area contributed by atoms with Gasteiger partial charge in [-0.15, -0.1) is 0 Å². The van der Waals surface area contributed by atoms with E-state index in [-0.39, 0.29) is 38.4 Å². The van der Waals surface area contributed by atoms with Crippen LogP contribution in [0.1, 0.15) is 53.0 Å². The van der Waals surface area contributed by atoms with E-state index in [1.54, 1.807) is 34.6 Å². The minimum Gasteiger partial charge on any atom is -0.466 e. The summed E-state index contributed by atoms with van der Waals surface area (Å²) in [6, 6.07) is 1.35. The molecule has 0 aliphatic carbocycles. The van der Waals surface area contributed by atoms with E-state index in [1.807, 2.05) is 0 Å². The molecule has 0 aliphatic rings. The van der Waals surface area contributed by atoms with Gasteiger partial charge in [-0.25, -0.2) is 13.6 Å². The third-order valence-corrected chi connectivity index (χ3v) is 5.05. The van der Waals surface area contributed by atoms with Gasteiger partial charge in [-0.2, -0.15) is 0 Å². The maximum Gasteiger partial charge on any atom is 0.328 e. The Morgan fingerprint density at radius 1 is 0.912 bits per heavy atom. The quantitative estimate of drug-likeness (QED) is 0.417. The van der Waals surface area contributed by atoms with Gasteiger partial charge in [0.05, 0.1) is 13.2 Å². The van der Waals surface area contributed by atoms with Crippen LogP contribution < -0.4 is 10.6 Å². The van der Waals surface area contributed by atoms with E-state index >= 15 is 0 Å². The van der Waals surface area contributed by atoms with Crippen molar-refractivity contribution in [2.45, 2.75) is 66.0 Å². The lowest BCUT2D eigenvalue weighted by Crippen LogP contribution is -2.54. The average molecular weight is 485 g/mol. The Kier molecular flexibility index (Phi) is 12.2. The van der Waals surface area contributed by atoms with Crippen LogP contribution in [0.3, 0.4) is 0 Å². The maximum atomic E-state index is 13.5. The van der Waals surface area contributed by atoms with E-state index in [1.165, 1.54) is 6.07 Å². The molecule has 1 unspecified atom stereocenters. The highest BCUT2D eigenvalue weighted by molar-refractivity contribution is 5.91. The number of halogens is 2. The Morgan fingerprint density at radius 2 is 1.56 bits per heavy atom. The standard InChI is InChI=1S/C24H34F2N2O6/c1-6-33-20(29)11-10-19(24(32)34-7-2)27-23(31)21(14(3)4)28-22(30)15(5)12-16-8-9-17(25)18(26)13-16/h8-9,13-15,19,21H,6-7,10-12H2,1-5H3,(H,27,31)(H,28,30)/t15?,19-,21+/m1/s1. The van der Waals surface area contributed by atoms with E-state index < -0.39 is 53.4 Å². The number of amides is 2. The van der Waals surface area contributed by atoms with E-state index in [4.69, 9.17) is 9.47 Å². The van der Waals surface area contributed by atoms with Crippen molar-refractivity contribution in [2.75, 3.05) is 13.2 Å². The smallest absolute Gasteiger partial charge is 0.328 e. The van der Waals surface area contributed by atoms with E-state index in [2.05, 4.69) is 10.6 Å². The molecular formula is C24H34F2N2O6. The molecule has 10 heteroatoms. The van der Waals surface area contributed by atoms with Gasteiger partial charge in [0.25, 0.3) is 0 Å². The Morgan fingerprint density at radius 3 is 2.12 bits per heavy atom. The molecule has 0 radical (unpaired) electrons. The molecule has 0 aliphatic heterocycles. The Bertz CT molecular complexity index is 862. The van der Waals surface area contributed by atoms with Crippen molar-refractivity contribution in [3.63, 3.8) is 0 Å². The summed E-state index contributed by atoms with van der Waals surface area (Å²) in [5.41, 5.74) is 0.438. The largest absolute Gasteiger partial charge is 0.466 e. The van der Waals surface area contributed by atoms with Gasteiger partial charge < -0.3 is 20.1 Å². The van der Waals surface area contributed by atoms with Crippen LogP contribution in [0, 0.1) is 23.5 Å². The minimum absolute atomic E-state index is 0.0191. The maximum absolute atomic E-state index is 13.5. The van der Waals surface area contributed by atoms with Crippen LogP contribution in [0.25, 0.3) is 0 Å². The van der Waals surface area contributed by atoms with Gasteiger partial charge in [0.1, 0.15) is 12.1 Å². The van der Waals surface area contributed by atoms with E-state index in [9.17, 15) is 28.0 Å². The highest BCUT2D eigenvalue weighted by Crippen LogP contribution is 2.14. The predicted molar refractivity (Wildman–Crippen MR) is 120 cm³/mol. The number of carbonyl (C=O) groups is 4. The lowest BCUT2D eigenvalue weighted by molar-refractivity contribution is -0.149. The third kappa shape index (κ3) is 9.44. The Hall–Kier alpha value is -3.04. The number of carbonyl (C=O) groups excluding carboxylic acids is 4. The normalized spacial score (nSPS) is 13.5. The summed E-state index contributed by atoms with van der Waals surface area (Å²) < 4.78 is 36.4. The number of esters is 2. The Balaban J connectivity index is 2.85. The fraction of sp³-hybridized carbons (Fsp3) is 0.583. The summed E-state index contributed by atoms with van der Waals surface area (Å²) in [6.45, 7) is 8.62. The summed E-state index contributed by atoms with van der Waals surface area (Å²) in [7, 11) is 0. The van der Waals surface area contributed by atoms with Crippen molar-refractivity contribution in [3.8, 4) is 0 Å². The summed E-state index contributed by atoms with van der Waals surface area (Å²) in [4.78, 5) is 49.6. The zero-order valence-corrected chi connectivity index (χ0v) is 20.3. The van der Waals surface area contributed by atoms with Crippen LogP contribution in [-0.4, -0.2) is 49.1 Å². The number of hydrogen-bond donors (Lipinski definition) is 2. The molecule has 3 atom stereocenters. The lowest BCUT2D eigenvalue weighted by Gasteiger charge is -2.26. The van der Waals surface area contributed by atoms with Crippen LogP contribution in [0.15, 0.2) is 18.2 Å². The number of nitrogens with one attached hydrogen (secondary N) is 2. The number of hydrogen-bond acceptors (Lipinski definition) is 6. The van der Waals surface area contributed by atoms with Crippen LogP contribution in [-0.2, 0) is 35.1 Å². The number of ether oxygens (including phenoxy) is 2. The van der Waals surface area contributed by atoms with Gasteiger partial charge in [0.15, 0.2) is 11.6 Å². The second-order valence-electron chi connectivity index (χ2n) is 8.24. The van der Waals surface area contributed by atoms with Gasteiger partial charge in [0, 0.05) is 12.3 Å². The van der Waals surface area contributed by atoms with Gasteiger partial charge >= 0.3 is 11.9 Å². The molecule has 1 aromatic carbocycles. The SMILES string of the molecule is CCOC(=O)CC[C@@H](NC(=O)[C@@H](NC(=O)C(C)Cc1ccc(F)c(F)c1)C(C)C)C(=O)OCC. The van der Waals surface area contributed by atoms with Crippen molar-refractivity contribution in [1.82, 2.24) is 10.6 Å². The molecule has 0 fully saturated rings. The highest BCUT2D eigenvalue weighted by atomic mass is 19.2. The van der Waals surface area contributed by atoms with Crippen LogP contribution in [0.2, 0.25) is 0 Å². The van der Waals surface area contributed by atoms with Crippen molar-refractivity contribution in [2.24, 2.45) is 11.8 Å². The van der Waals surface area contributed by atoms with E-state index in [0.29, 0.717) is 5.56 Å². The summed E-state index contributed by atoms with van der Waals surface area (Å²) >= 11 is 0. The van der Waals surface area contributed by atoms with Gasteiger partial charge in [0.2, 0.25) is 11.8 Å². The zero-order valence-electron chi connectivity index (χ0n) is 20.3. The molecule has 0 saturated carbocycles. The first-order valence-electron chi connectivity index (χ1n) is 11.4. The minimum atomic E-state index is -1.09. The van der Waals surface area contributed by atoms with E-state index in [0.717, 1.165) is 12.1 Å². The van der Waals surface area contributed by atoms with Crippen LogP contribution in [0.5, 0.6) is 0 Å². The Labute approximate surface area is 198 Å². The fourth-order valence-electron chi connectivity index (χ4n) is 3.19. The summed E-state index contributed by atoms with van der Waals surface area (Å²) in [5.74, 6) is -5.21. The predicted octanol–water partition coefficient (Wildman–Crippen LogP) is 2.68. The molecule has 0 spiro atoms. The zero-order chi connectivity index (χ0) is 25.8. The first-order valence-corrected chi connectivity index (χ1v) is 11.4. The summed E-state index contributed by atoms with van der Waals surface area (Å²) in [5, 5.41) is 5.22. The lowest BCUT2D eigenvalue weighted by atomic mass is 9.97. The first kappa shape index (κ1) is 29.0. The van der Waals surface area contributed by atoms with Crippen molar-refractivity contribution in [1.29, 1.82) is 0 Å². The van der Waals surface area contributed by atoms with Gasteiger partial charge in [-0.3, -0.25) is 14.4 Å². The molecule has 1 rings (SSSR count). The van der Waals surface area contributed by atoms with Crippen LogP contribution >= 0.6 is 0 Å². The topological polar surface area (TPSA) is 111 Å². The molecule has 0 heterocycles. The second-order valence-corrected chi connectivity index (χ2v) is 8.24. The van der Waals surface area contributed by atoms with Crippen LogP contribution in [0.4, 0.5) is 8.78 Å². The highest BCUT2D eigenvalue weighted by Gasteiger charge is 2.31. The molecule has 34 heavy (non-hydrogen) atoms.